The highest BCUT2D eigenvalue weighted by Crippen LogP contribution is 2.44. The minimum Gasteiger partial charge on any atom is -0.462 e. The molecule has 2 amide bonds. The number of nitrogens with one attached hydrogen (secondary N) is 3. The number of carbonyl (C=O) groups is 2. The number of halogens is 5. The minimum absolute atomic E-state index is 0.0277. The molecule has 3 heterocycles. The van der Waals surface area contributed by atoms with Gasteiger partial charge in [0.2, 0.25) is 0 Å². The van der Waals surface area contributed by atoms with Crippen LogP contribution in [0.25, 0.3) is 0 Å². The van der Waals surface area contributed by atoms with Crippen molar-refractivity contribution in [1.29, 1.82) is 0 Å². The molecule has 0 atom stereocenters. The van der Waals surface area contributed by atoms with Gasteiger partial charge in [-0.15, -0.1) is 22.7 Å². The van der Waals surface area contributed by atoms with Crippen molar-refractivity contribution >= 4 is 39.7 Å². The minimum atomic E-state index is -4.55. The highest BCUT2D eigenvalue weighted by Gasteiger charge is 2.40. The third-order valence-corrected chi connectivity index (χ3v) is 8.14. The third-order valence-electron chi connectivity index (χ3n) is 5.68. The smallest absolute Gasteiger partial charge is 0.425 e. The quantitative estimate of drug-likeness (QED) is 0.377. The van der Waals surface area contributed by atoms with Crippen molar-refractivity contribution in [2.24, 2.45) is 0 Å². The number of ether oxygens (including phenoxy) is 1. The third kappa shape index (κ3) is 5.05. The molecule has 13 heteroatoms. The summed E-state index contributed by atoms with van der Waals surface area (Å²) in [7, 11) is 0. The number of anilines is 1. The second-order valence-electron chi connectivity index (χ2n) is 8.00. The zero-order valence-corrected chi connectivity index (χ0v) is 19.7. The zero-order valence-electron chi connectivity index (χ0n) is 18.1. The Bertz CT molecular complexity index is 1110. The Kier molecular flexibility index (Phi) is 6.89. The average molecular weight is 524 g/mol. The second-order valence-corrected chi connectivity index (χ2v) is 10.2. The van der Waals surface area contributed by atoms with Crippen LogP contribution in [0.4, 0.5) is 31.7 Å². The fourth-order valence-electron chi connectivity index (χ4n) is 4.19. The van der Waals surface area contributed by atoms with Gasteiger partial charge in [-0.25, -0.2) is 18.4 Å². The first-order chi connectivity index (χ1) is 16.0. The SMILES string of the molecule is CCOC(=O)c1c(NC(=O)NCc2c(C(F)(F)F)sc3c2CCNC3)sc2c1CCC(F)(F)C2. The molecule has 0 unspecified atom stereocenters. The average Bonchev–Trinajstić information content (AvgIpc) is 3.29. The number of alkyl halides is 5. The maximum absolute atomic E-state index is 13.9. The topological polar surface area (TPSA) is 79.5 Å². The molecule has 3 N–H and O–H groups in total. The monoisotopic (exact) mass is 523 g/mol. The molecule has 0 fully saturated rings. The highest BCUT2D eigenvalue weighted by atomic mass is 32.1. The van der Waals surface area contributed by atoms with Gasteiger partial charge in [0.05, 0.1) is 12.2 Å². The summed E-state index contributed by atoms with van der Waals surface area (Å²) < 4.78 is 73.5. The van der Waals surface area contributed by atoms with Gasteiger partial charge in [0.1, 0.15) is 9.88 Å². The summed E-state index contributed by atoms with van der Waals surface area (Å²) in [5.74, 6) is -3.65. The summed E-state index contributed by atoms with van der Waals surface area (Å²) in [6, 6.07) is -0.835. The number of hydrogen-bond acceptors (Lipinski definition) is 6. The Balaban J connectivity index is 1.55. The highest BCUT2D eigenvalue weighted by molar-refractivity contribution is 7.17. The molecule has 2 aliphatic rings. The fourth-order valence-corrected chi connectivity index (χ4v) is 6.70. The first-order valence-electron chi connectivity index (χ1n) is 10.7. The lowest BCUT2D eigenvalue weighted by Crippen LogP contribution is -2.30. The van der Waals surface area contributed by atoms with E-state index in [0.29, 0.717) is 46.9 Å². The molecule has 0 spiro atoms. The van der Waals surface area contributed by atoms with E-state index < -0.39 is 41.8 Å². The van der Waals surface area contributed by atoms with E-state index >= 15 is 0 Å². The number of amides is 2. The maximum Gasteiger partial charge on any atom is 0.425 e. The van der Waals surface area contributed by atoms with E-state index in [1.54, 1.807) is 6.92 Å². The molecule has 0 aromatic carbocycles. The van der Waals surface area contributed by atoms with E-state index in [1.165, 1.54) is 0 Å². The van der Waals surface area contributed by atoms with E-state index in [9.17, 15) is 31.5 Å². The van der Waals surface area contributed by atoms with Crippen molar-refractivity contribution in [2.75, 3.05) is 18.5 Å². The van der Waals surface area contributed by atoms with Crippen molar-refractivity contribution < 1.29 is 36.3 Å². The first kappa shape index (κ1) is 24.9. The van der Waals surface area contributed by atoms with Gasteiger partial charge in [-0.05, 0) is 43.0 Å². The Morgan fingerprint density at radius 1 is 1.15 bits per heavy atom. The van der Waals surface area contributed by atoms with Crippen LogP contribution < -0.4 is 16.0 Å². The Labute approximate surface area is 199 Å². The van der Waals surface area contributed by atoms with E-state index in [0.717, 1.165) is 11.3 Å². The van der Waals surface area contributed by atoms with E-state index in [2.05, 4.69) is 16.0 Å². The van der Waals surface area contributed by atoms with Gasteiger partial charge in [0.15, 0.2) is 0 Å². The summed E-state index contributed by atoms with van der Waals surface area (Å²) in [5.41, 5.74) is 1.06. The van der Waals surface area contributed by atoms with Crippen molar-refractivity contribution in [2.45, 2.75) is 57.8 Å². The lowest BCUT2D eigenvalue weighted by Gasteiger charge is -2.21. The van der Waals surface area contributed by atoms with Crippen molar-refractivity contribution in [1.82, 2.24) is 10.6 Å². The predicted octanol–water partition coefficient (Wildman–Crippen LogP) is 5.10. The molecule has 6 nitrogen and oxygen atoms in total. The first-order valence-corrected chi connectivity index (χ1v) is 12.3. The number of esters is 1. The van der Waals surface area contributed by atoms with Gasteiger partial charge in [0.25, 0.3) is 5.92 Å². The van der Waals surface area contributed by atoms with Crippen molar-refractivity contribution in [3.63, 3.8) is 0 Å². The van der Waals surface area contributed by atoms with Crippen LogP contribution in [0.2, 0.25) is 0 Å². The van der Waals surface area contributed by atoms with Crippen LogP contribution >= 0.6 is 22.7 Å². The Hall–Kier alpha value is -2.25. The van der Waals surface area contributed by atoms with Gasteiger partial charge < -0.3 is 15.4 Å². The van der Waals surface area contributed by atoms with Gasteiger partial charge in [-0.3, -0.25) is 5.32 Å². The lowest BCUT2D eigenvalue weighted by atomic mass is 9.93. The Morgan fingerprint density at radius 2 is 1.91 bits per heavy atom. The number of thiophene rings is 2. The van der Waals surface area contributed by atoms with Crippen molar-refractivity contribution in [3.8, 4) is 0 Å². The molecule has 2 aromatic heterocycles. The molecule has 2 aromatic rings. The molecule has 34 heavy (non-hydrogen) atoms. The normalized spacial score (nSPS) is 17.0. The van der Waals surface area contributed by atoms with Crippen molar-refractivity contribution in [3.05, 3.63) is 36.9 Å². The largest absolute Gasteiger partial charge is 0.462 e. The van der Waals surface area contributed by atoms with E-state index in [4.69, 9.17) is 4.74 Å². The van der Waals surface area contributed by atoms with Crippen LogP contribution in [-0.2, 0) is 43.3 Å². The van der Waals surface area contributed by atoms with Crippen LogP contribution in [0.3, 0.4) is 0 Å². The maximum atomic E-state index is 13.9. The van der Waals surface area contributed by atoms with E-state index in [1.807, 2.05) is 0 Å². The molecule has 1 aliphatic carbocycles. The summed E-state index contributed by atoms with van der Waals surface area (Å²) >= 11 is 1.53. The second kappa shape index (κ2) is 9.42. The molecule has 1 aliphatic heterocycles. The molecule has 0 radical (unpaired) electrons. The summed E-state index contributed by atoms with van der Waals surface area (Å²) in [5, 5.41) is 7.98. The Morgan fingerprint density at radius 3 is 2.62 bits per heavy atom. The lowest BCUT2D eigenvalue weighted by molar-refractivity contribution is -0.135. The molecular weight excluding hydrogens is 501 g/mol. The summed E-state index contributed by atoms with van der Waals surface area (Å²) in [6.45, 7) is 2.17. The summed E-state index contributed by atoms with van der Waals surface area (Å²) in [4.78, 5) is 25.2. The number of fused-ring (bicyclic) bond motifs is 2. The van der Waals surface area contributed by atoms with Crippen LogP contribution in [0, 0.1) is 0 Å². The van der Waals surface area contributed by atoms with Crippen LogP contribution in [-0.4, -0.2) is 31.1 Å². The molecule has 4 rings (SSSR count). The number of rotatable bonds is 5. The molecule has 0 saturated carbocycles. The van der Waals surface area contributed by atoms with Gasteiger partial charge >= 0.3 is 18.2 Å². The van der Waals surface area contributed by atoms with Gasteiger partial charge in [0, 0.05) is 35.7 Å². The molecular formula is C21H22F5N3O3S2. The fraction of sp³-hybridized carbons (Fsp3) is 0.524. The van der Waals surface area contributed by atoms with Gasteiger partial charge in [-0.2, -0.15) is 13.2 Å². The van der Waals surface area contributed by atoms with Crippen LogP contribution in [0.1, 0.15) is 55.0 Å². The van der Waals surface area contributed by atoms with Crippen LogP contribution in [0.5, 0.6) is 0 Å². The molecule has 0 bridgehead atoms. The van der Waals surface area contributed by atoms with E-state index in [-0.39, 0.29) is 40.6 Å². The van der Waals surface area contributed by atoms with Gasteiger partial charge in [-0.1, -0.05) is 0 Å². The molecule has 0 saturated heterocycles. The molecule has 186 valence electrons. The standard InChI is InChI=1S/C21H22F5N3O3S2/c1-2-32-18(30)15-11-3-5-20(22,23)7-13(11)34-17(15)29-19(31)28-8-12-10-4-6-27-9-14(10)33-16(12)21(24,25)26/h27H,2-9H2,1H3,(H2,28,29,31). The number of carbonyl (C=O) groups excluding carboxylic acids is 2. The number of urea groups is 1. The number of hydrogen-bond donors (Lipinski definition) is 3. The summed E-state index contributed by atoms with van der Waals surface area (Å²) in [6.07, 6.45) is -5.15. The van der Waals surface area contributed by atoms with Crippen LogP contribution in [0.15, 0.2) is 0 Å². The zero-order chi connectivity index (χ0) is 24.7. The predicted molar refractivity (Wildman–Crippen MR) is 118 cm³/mol.